The van der Waals surface area contributed by atoms with Crippen LogP contribution in [0.2, 0.25) is 0 Å². The van der Waals surface area contributed by atoms with Crippen molar-refractivity contribution >= 4 is 17.0 Å². The highest BCUT2D eigenvalue weighted by Gasteiger charge is 2.23. The van der Waals surface area contributed by atoms with Gasteiger partial charge in [0.15, 0.2) is 11.5 Å². The zero-order valence-electron chi connectivity index (χ0n) is 9.43. The largest absolute Gasteiger partial charge is 0.391 e. The number of aliphatic hydroxyl groups is 1. The van der Waals surface area contributed by atoms with Crippen LogP contribution in [0.3, 0.4) is 0 Å². The summed E-state index contributed by atoms with van der Waals surface area (Å²) in [5.74, 6) is 0.721. The van der Waals surface area contributed by atoms with Crippen molar-refractivity contribution in [3.63, 3.8) is 0 Å². The topological polar surface area (TPSA) is 86.7 Å². The van der Waals surface area contributed by atoms with E-state index in [4.69, 9.17) is 0 Å². The number of anilines is 1. The number of aromatic nitrogens is 4. The van der Waals surface area contributed by atoms with Gasteiger partial charge in [0.2, 0.25) is 0 Å². The van der Waals surface area contributed by atoms with Gasteiger partial charge >= 0.3 is 0 Å². The Morgan fingerprint density at radius 3 is 3.00 bits per heavy atom. The lowest BCUT2D eigenvalue weighted by Crippen LogP contribution is -2.36. The fourth-order valence-corrected chi connectivity index (χ4v) is 2.33. The molecule has 0 aliphatic heterocycles. The highest BCUT2D eigenvalue weighted by Crippen LogP contribution is 2.23. The number of nitrogens with one attached hydrogen (secondary N) is 2. The molecular weight excluding hydrogens is 218 g/mol. The van der Waals surface area contributed by atoms with Gasteiger partial charge in [-0.2, -0.15) is 0 Å². The van der Waals surface area contributed by atoms with Gasteiger partial charge in [0, 0.05) is 0 Å². The second-order valence-corrected chi connectivity index (χ2v) is 4.43. The first-order valence-corrected chi connectivity index (χ1v) is 5.93. The Balaban J connectivity index is 1.86. The maximum atomic E-state index is 9.92. The fraction of sp³-hybridized carbons (Fsp3) is 0.545. The third-order valence-electron chi connectivity index (χ3n) is 3.27. The van der Waals surface area contributed by atoms with Crippen molar-refractivity contribution < 1.29 is 5.11 Å². The average molecular weight is 233 g/mol. The number of aliphatic hydroxyl groups excluding tert-OH is 1. The number of imidazole rings is 1. The van der Waals surface area contributed by atoms with E-state index in [-0.39, 0.29) is 12.1 Å². The molecule has 0 saturated heterocycles. The Kier molecular flexibility index (Phi) is 2.64. The summed E-state index contributed by atoms with van der Waals surface area (Å²) in [4.78, 5) is 15.4. The number of H-pyrrole nitrogens is 1. The minimum atomic E-state index is -0.295. The lowest BCUT2D eigenvalue weighted by atomic mass is 9.92. The van der Waals surface area contributed by atoms with Crippen LogP contribution in [0.4, 0.5) is 5.82 Å². The molecule has 2 aromatic heterocycles. The van der Waals surface area contributed by atoms with Crippen molar-refractivity contribution in [1.29, 1.82) is 0 Å². The van der Waals surface area contributed by atoms with Gasteiger partial charge in [-0.3, -0.25) is 0 Å². The summed E-state index contributed by atoms with van der Waals surface area (Å²) in [6, 6.07) is 0.0742. The molecule has 6 heteroatoms. The van der Waals surface area contributed by atoms with Crippen molar-refractivity contribution in [1.82, 2.24) is 19.9 Å². The molecule has 1 saturated carbocycles. The molecule has 1 aliphatic rings. The third-order valence-corrected chi connectivity index (χ3v) is 3.27. The lowest BCUT2D eigenvalue weighted by molar-refractivity contribution is 0.116. The van der Waals surface area contributed by atoms with E-state index in [1.165, 1.54) is 6.33 Å². The number of aromatic amines is 1. The first-order chi connectivity index (χ1) is 8.34. The summed E-state index contributed by atoms with van der Waals surface area (Å²) in [7, 11) is 0. The molecule has 1 fully saturated rings. The van der Waals surface area contributed by atoms with Crippen LogP contribution in [0.1, 0.15) is 25.7 Å². The van der Waals surface area contributed by atoms with E-state index in [0.717, 1.165) is 37.0 Å². The standard InChI is InChI=1S/C11H15N5O/c17-8-4-2-1-3-7(8)16-11-9-10(13-5-12-9)14-6-15-11/h5-8,17H,1-4H2,(H2,12,13,14,15,16). The quantitative estimate of drug-likeness (QED) is 0.722. The average Bonchev–Trinajstić information content (AvgIpc) is 2.81. The second-order valence-electron chi connectivity index (χ2n) is 4.43. The zero-order chi connectivity index (χ0) is 11.7. The minimum absolute atomic E-state index is 0.0742. The Bertz CT molecular complexity index is 511. The Labute approximate surface area is 98.5 Å². The Hall–Kier alpha value is -1.69. The molecular formula is C11H15N5O. The number of rotatable bonds is 2. The molecule has 2 unspecified atom stereocenters. The van der Waals surface area contributed by atoms with Crippen LogP contribution in [-0.4, -0.2) is 37.2 Å². The normalized spacial score (nSPS) is 25.0. The second kappa shape index (κ2) is 4.29. The van der Waals surface area contributed by atoms with E-state index in [2.05, 4.69) is 25.3 Å². The summed E-state index contributed by atoms with van der Waals surface area (Å²) in [5.41, 5.74) is 1.44. The molecule has 0 spiro atoms. The summed E-state index contributed by atoms with van der Waals surface area (Å²) in [5, 5.41) is 13.2. The van der Waals surface area contributed by atoms with Gasteiger partial charge in [0.1, 0.15) is 11.8 Å². The molecule has 0 aromatic carbocycles. The smallest absolute Gasteiger partial charge is 0.182 e. The monoisotopic (exact) mass is 233 g/mol. The first kappa shape index (κ1) is 10.5. The van der Waals surface area contributed by atoms with E-state index in [1.807, 2.05) is 0 Å². The van der Waals surface area contributed by atoms with Gasteiger partial charge in [-0.25, -0.2) is 15.0 Å². The molecule has 3 N–H and O–H groups in total. The molecule has 1 aliphatic carbocycles. The Morgan fingerprint density at radius 2 is 2.12 bits per heavy atom. The van der Waals surface area contributed by atoms with Gasteiger partial charge in [0.25, 0.3) is 0 Å². The van der Waals surface area contributed by atoms with Crippen LogP contribution < -0.4 is 5.32 Å². The molecule has 90 valence electrons. The molecule has 2 aromatic rings. The van der Waals surface area contributed by atoms with Crippen molar-refractivity contribution in [2.24, 2.45) is 0 Å². The molecule has 3 rings (SSSR count). The number of hydrogen-bond donors (Lipinski definition) is 3. The Morgan fingerprint density at radius 1 is 1.24 bits per heavy atom. The zero-order valence-corrected chi connectivity index (χ0v) is 9.43. The highest BCUT2D eigenvalue weighted by atomic mass is 16.3. The maximum absolute atomic E-state index is 9.92. The van der Waals surface area contributed by atoms with E-state index >= 15 is 0 Å². The van der Waals surface area contributed by atoms with Crippen molar-refractivity contribution in [2.45, 2.75) is 37.8 Å². The summed E-state index contributed by atoms with van der Waals surface area (Å²) in [6.45, 7) is 0. The van der Waals surface area contributed by atoms with Crippen LogP contribution in [0.25, 0.3) is 11.2 Å². The lowest BCUT2D eigenvalue weighted by Gasteiger charge is -2.28. The minimum Gasteiger partial charge on any atom is -0.391 e. The van der Waals surface area contributed by atoms with E-state index in [1.54, 1.807) is 6.33 Å². The van der Waals surface area contributed by atoms with Gasteiger partial charge in [-0.15, -0.1) is 0 Å². The van der Waals surface area contributed by atoms with E-state index < -0.39 is 0 Å². The molecule has 2 atom stereocenters. The summed E-state index contributed by atoms with van der Waals surface area (Å²) in [6.07, 6.45) is 6.86. The van der Waals surface area contributed by atoms with Crippen molar-refractivity contribution in [3.8, 4) is 0 Å². The third kappa shape index (κ3) is 1.95. The predicted molar refractivity (Wildman–Crippen MR) is 63.6 cm³/mol. The van der Waals surface area contributed by atoms with Crippen LogP contribution in [0.5, 0.6) is 0 Å². The summed E-state index contributed by atoms with van der Waals surface area (Å²) < 4.78 is 0. The van der Waals surface area contributed by atoms with E-state index in [0.29, 0.717) is 5.65 Å². The van der Waals surface area contributed by atoms with Gasteiger partial charge in [0.05, 0.1) is 18.5 Å². The van der Waals surface area contributed by atoms with Crippen molar-refractivity contribution in [2.75, 3.05) is 5.32 Å². The summed E-state index contributed by atoms with van der Waals surface area (Å²) >= 11 is 0. The first-order valence-electron chi connectivity index (χ1n) is 5.93. The fourth-order valence-electron chi connectivity index (χ4n) is 2.33. The van der Waals surface area contributed by atoms with Crippen LogP contribution >= 0.6 is 0 Å². The van der Waals surface area contributed by atoms with Gasteiger partial charge in [-0.1, -0.05) is 12.8 Å². The maximum Gasteiger partial charge on any atom is 0.182 e. The molecule has 0 bridgehead atoms. The number of hydrogen-bond acceptors (Lipinski definition) is 5. The SMILES string of the molecule is OC1CCCCC1Nc1ncnc2nc[nH]c12. The molecule has 0 amide bonds. The van der Waals surface area contributed by atoms with E-state index in [9.17, 15) is 5.11 Å². The number of nitrogens with zero attached hydrogens (tertiary/aromatic N) is 3. The highest BCUT2D eigenvalue weighted by molar-refractivity contribution is 5.82. The molecule has 17 heavy (non-hydrogen) atoms. The van der Waals surface area contributed by atoms with Crippen LogP contribution in [0, 0.1) is 0 Å². The van der Waals surface area contributed by atoms with Crippen molar-refractivity contribution in [3.05, 3.63) is 12.7 Å². The number of fused-ring (bicyclic) bond motifs is 1. The van der Waals surface area contributed by atoms with Gasteiger partial charge < -0.3 is 15.4 Å². The molecule has 0 radical (unpaired) electrons. The molecule has 2 heterocycles. The predicted octanol–water partition coefficient (Wildman–Crippen LogP) is 1.07. The molecule has 6 nitrogen and oxygen atoms in total. The van der Waals surface area contributed by atoms with Crippen LogP contribution in [0.15, 0.2) is 12.7 Å². The van der Waals surface area contributed by atoms with Crippen LogP contribution in [-0.2, 0) is 0 Å². The van der Waals surface area contributed by atoms with Gasteiger partial charge in [-0.05, 0) is 12.8 Å².